The summed E-state index contributed by atoms with van der Waals surface area (Å²) in [7, 11) is 1.45. The molecule has 4 rings (SSSR count). The number of aromatic amines is 1. The van der Waals surface area contributed by atoms with E-state index in [4.69, 9.17) is 10.2 Å². The van der Waals surface area contributed by atoms with Crippen LogP contribution in [0.1, 0.15) is 21.7 Å². The second-order valence-corrected chi connectivity index (χ2v) is 8.17. The van der Waals surface area contributed by atoms with Crippen LogP contribution in [0.5, 0.6) is 0 Å². The number of benzene rings is 2. The normalized spacial score (nSPS) is 10.7. The summed E-state index contributed by atoms with van der Waals surface area (Å²) in [6, 6.07) is 21.2. The molecule has 0 bridgehead atoms. The highest BCUT2D eigenvalue weighted by atomic mass is 16.3. The van der Waals surface area contributed by atoms with Crippen molar-refractivity contribution in [1.29, 1.82) is 0 Å². The Morgan fingerprint density at radius 2 is 1.58 bits per heavy atom. The molecule has 0 unspecified atom stereocenters. The predicted octanol–water partition coefficient (Wildman–Crippen LogP) is 2.07. The van der Waals surface area contributed by atoms with Crippen molar-refractivity contribution in [1.82, 2.24) is 14.5 Å². The van der Waals surface area contributed by atoms with E-state index in [2.05, 4.69) is 4.98 Å². The molecule has 0 saturated carbocycles. The Bertz CT molecular complexity index is 1460. The first-order chi connectivity index (χ1) is 17.3. The lowest BCUT2D eigenvalue weighted by atomic mass is 10.2. The van der Waals surface area contributed by atoms with Gasteiger partial charge in [0.1, 0.15) is 12.4 Å². The number of likely N-dealkylation sites (N-methyl/N-ethyl adjacent to an activating group) is 1. The van der Waals surface area contributed by atoms with Crippen LogP contribution in [-0.4, -0.2) is 39.9 Å². The van der Waals surface area contributed by atoms with Crippen molar-refractivity contribution >= 4 is 23.3 Å². The molecule has 4 aromatic rings. The van der Waals surface area contributed by atoms with E-state index in [1.54, 1.807) is 30.3 Å². The Balaban J connectivity index is 1.73. The maximum atomic E-state index is 13.5. The number of nitrogen functional groups attached to an aromatic ring is 1. The fraction of sp³-hybridized carbons (Fsp3) is 0.154. The van der Waals surface area contributed by atoms with Crippen molar-refractivity contribution in [3.05, 3.63) is 117 Å². The van der Waals surface area contributed by atoms with Crippen molar-refractivity contribution in [2.45, 2.75) is 13.1 Å². The summed E-state index contributed by atoms with van der Waals surface area (Å²) in [5.41, 5.74) is 6.20. The molecule has 0 spiro atoms. The van der Waals surface area contributed by atoms with Crippen LogP contribution in [0.2, 0.25) is 0 Å². The number of hydrogen-bond donors (Lipinski definition) is 2. The third-order valence-electron chi connectivity index (χ3n) is 5.60. The van der Waals surface area contributed by atoms with E-state index in [1.165, 1.54) is 33.7 Å². The zero-order chi connectivity index (χ0) is 25.7. The molecule has 2 aromatic carbocycles. The van der Waals surface area contributed by atoms with Crippen LogP contribution in [0.3, 0.4) is 0 Å². The molecule has 0 atom stereocenters. The first-order valence-corrected chi connectivity index (χ1v) is 11.1. The summed E-state index contributed by atoms with van der Waals surface area (Å²) in [6.45, 7) is -0.262. The molecule has 0 fully saturated rings. The van der Waals surface area contributed by atoms with Gasteiger partial charge in [-0.2, -0.15) is 0 Å². The molecule has 0 saturated heterocycles. The first-order valence-electron chi connectivity index (χ1n) is 11.1. The fourth-order valence-electron chi connectivity index (χ4n) is 3.77. The number of carbonyl (C=O) groups excluding carboxylic acids is 2. The number of furan rings is 1. The number of hydrogen-bond acceptors (Lipinski definition) is 6. The van der Waals surface area contributed by atoms with E-state index >= 15 is 0 Å². The number of H-pyrrole nitrogens is 1. The quantitative estimate of drug-likeness (QED) is 0.391. The highest BCUT2D eigenvalue weighted by Gasteiger charge is 2.27. The molecule has 3 N–H and O–H groups in total. The average molecular weight is 488 g/mol. The zero-order valence-electron chi connectivity index (χ0n) is 19.6. The van der Waals surface area contributed by atoms with E-state index in [0.717, 1.165) is 11.1 Å². The second-order valence-electron chi connectivity index (χ2n) is 8.17. The molecule has 0 aliphatic rings. The van der Waals surface area contributed by atoms with Gasteiger partial charge < -0.3 is 15.1 Å². The number of nitrogens with two attached hydrogens (primary N) is 1. The Hall–Kier alpha value is -4.86. The third kappa shape index (κ3) is 5.27. The summed E-state index contributed by atoms with van der Waals surface area (Å²) in [5, 5.41) is 0. The maximum absolute atomic E-state index is 13.5. The number of amides is 2. The summed E-state index contributed by atoms with van der Waals surface area (Å²) in [6.07, 6.45) is 1.36. The van der Waals surface area contributed by atoms with Gasteiger partial charge in [-0.25, -0.2) is 4.79 Å². The molecule has 0 aliphatic carbocycles. The second kappa shape index (κ2) is 10.6. The van der Waals surface area contributed by atoms with Gasteiger partial charge in [-0.05, 0) is 23.3 Å². The van der Waals surface area contributed by atoms with Gasteiger partial charge in [-0.15, -0.1) is 0 Å². The van der Waals surface area contributed by atoms with Crippen molar-refractivity contribution in [3.63, 3.8) is 0 Å². The van der Waals surface area contributed by atoms with Crippen LogP contribution < -0.4 is 21.9 Å². The van der Waals surface area contributed by atoms with Gasteiger partial charge in [0.15, 0.2) is 11.4 Å². The van der Waals surface area contributed by atoms with Gasteiger partial charge in [-0.1, -0.05) is 60.7 Å². The van der Waals surface area contributed by atoms with Crippen molar-refractivity contribution < 1.29 is 14.0 Å². The minimum atomic E-state index is -0.800. The van der Waals surface area contributed by atoms with Crippen LogP contribution >= 0.6 is 0 Å². The van der Waals surface area contributed by atoms with Gasteiger partial charge in [0.05, 0.1) is 19.4 Å². The summed E-state index contributed by atoms with van der Waals surface area (Å²) in [5.74, 6) is -1.14. The lowest BCUT2D eigenvalue weighted by Gasteiger charge is -2.26. The molecule has 0 radical (unpaired) electrons. The van der Waals surface area contributed by atoms with Crippen LogP contribution in [-0.2, 0) is 17.9 Å². The SMILES string of the molecule is CN(CC(=O)N(Cc1ccccc1)c1c(N)n(Cc2ccccc2)c(=O)[nH]c1=O)C(=O)c1ccco1. The number of nitrogens with one attached hydrogen (secondary N) is 1. The fourth-order valence-corrected chi connectivity index (χ4v) is 3.77. The van der Waals surface area contributed by atoms with Gasteiger partial charge >= 0.3 is 5.69 Å². The van der Waals surface area contributed by atoms with E-state index in [0.29, 0.717) is 0 Å². The van der Waals surface area contributed by atoms with Gasteiger partial charge in [0, 0.05) is 7.05 Å². The molecule has 0 aliphatic heterocycles. The largest absolute Gasteiger partial charge is 0.459 e. The van der Waals surface area contributed by atoms with Crippen LogP contribution in [0, 0.1) is 0 Å². The third-order valence-corrected chi connectivity index (χ3v) is 5.60. The van der Waals surface area contributed by atoms with Crippen LogP contribution in [0.25, 0.3) is 0 Å². The average Bonchev–Trinajstić information content (AvgIpc) is 3.41. The number of nitrogens with zero attached hydrogens (tertiary/aromatic N) is 3. The first kappa shape index (κ1) is 24.3. The summed E-state index contributed by atoms with van der Waals surface area (Å²) >= 11 is 0. The highest BCUT2D eigenvalue weighted by Crippen LogP contribution is 2.21. The standard InChI is InChI=1S/C26H25N5O5/c1-29(25(34)20-13-8-14-36-20)17-21(32)30(15-18-9-4-2-5-10-18)22-23(27)31(26(35)28-24(22)33)16-19-11-6-3-7-12-19/h2-14H,15-17,27H2,1H3,(H,28,33,35). The Morgan fingerprint density at radius 3 is 2.19 bits per heavy atom. The van der Waals surface area contributed by atoms with E-state index < -0.39 is 23.1 Å². The number of aromatic nitrogens is 2. The van der Waals surface area contributed by atoms with E-state index in [9.17, 15) is 19.2 Å². The topological polar surface area (TPSA) is 135 Å². The monoisotopic (exact) mass is 487 g/mol. The highest BCUT2D eigenvalue weighted by molar-refractivity contribution is 6.00. The molecule has 2 aromatic heterocycles. The number of rotatable bonds is 8. The smallest absolute Gasteiger partial charge is 0.330 e. The van der Waals surface area contributed by atoms with Crippen LogP contribution in [0.15, 0.2) is 93.1 Å². The van der Waals surface area contributed by atoms with Crippen LogP contribution in [0.4, 0.5) is 11.5 Å². The van der Waals surface area contributed by atoms with E-state index in [1.807, 2.05) is 36.4 Å². The predicted molar refractivity (Wildman–Crippen MR) is 135 cm³/mol. The Morgan fingerprint density at radius 1 is 0.944 bits per heavy atom. The number of carbonyl (C=O) groups is 2. The van der Waals surface area contributed by atoms with Gasteiger partial charge in [-0.3, -0.25) is 28.8 Å². The lowest BCUT2D eigenvalue weighted by molar-refractivity contribution is -0.119. The summed E-state index contributed by atoms with van der Waals surface area (Å²) < 4.78 is 6.34. The van der Waals surface area contributed by atoms with Crippen molar-refractivity contribution in [3.8, 4) is 0 Å². The maximum Gasteiger partial charge on any atom is 0.330 e. The Labute approximate surface area is 206 Å². The molecular weight excluding hydrogens is 462 g/mol. The van der Waals surface area contributed by atoms with Crippen molar-refractivity contribution in [2.24, 2.45) is 0 Å². The van der Waals surface area contributed by atoms with E-state index in [-0.39, 0.29) is 36.9 Å². The van der Waals surface area contributed by atoms with Gasteiger partial charge in [0.2, 0.25) is 5.91 Å². The lowest BCUT2D eigenvalue weighted by Crippen LogP contribution is -2.45. The molecular formula is C26H25N5O5. The number of anilines is 2. The van der Waals surface area contributed by atoms with Gasteiger partial charge in [0.25, 0.3) is 11.5 Å². The van der Waals surface area contributed by atoms with Crippen molar-refractivity contribution in [2.75, 3.05) is 24.2 Å². The Kier molecular flexibility index (Phi) is 7.15. The molecule has 2 amide bonds. The minimum absolute atomic E-state index is 0.000718. The minimum Gasteiger partial charge on any atom is -0.459 e. The zero-order valence-corrected chi connectivity index (χ0v) is 19.6. The molecule has 10 nitrogen and oxygen atoms in total. The molecule has 36 heavy (non-hydrogen) atoms. The summed E-state index contributed by atoms with van der Waals surface area (Å²) in [4.78, 5) is 56.4. The molecule has 2 heterocycles. The molecule has 184 valence electrons. The molecule has 10 heteroatoms.